The number of para-hydroxylation sites is 1. The van der Waals surface area contributed by atoms with Crippen molar-refractivity contribution in [1.29, 1.82) is 0 Å². The standard InChI is InChI=1S/C33H28Br2ClN3O3/c1-19(2)24-16-25(20(3)13-30(24)41-4)32-38-29-12-8-6-10-23(29)33(40)39(32)37-17-21-14-26(34)31(27(35)15-21)42-18-22-9-5-7-11-28(22)36/h5-17,19H,18H2,1-4H3. The van der Waals surface area contributed by atoms with Gasteiger partial charge in [0.05, 0.1) is 33.2 Å². The summed E-state index contributed by atoms with van der Waals surface area (Å²) in [7, 11) is 1.66. The molecule has 0 amide bonds. The first-order valence-electron chi connectivity index (χ1n) is 13.3. The number of halogens is 3. The quantitative estimate of drug-likeness (QED) is 0.151. The van der Waals surface area contributed by atoms with Gasteiger partial charge in [-0.1, -0.05) is 55.8 Å². The molecule has 0 unspecified atom stereocenters. The molecule has 0 saturated heterocycles. The molecule has 0 aliphatic heterocycles. The zero-order valence-electron chi connectivity index (χ0n) is 23.5. The predicted octanol–water partition coefficient (Wildman–Crippen LogP) is 9.14. The second-order valence-electron chi connectivity index (χ2n) is 10.1. The minimum absolute atomic E-state index is 0.205. The molecule has 0 atom stereocenters. The maximum absolute atomic E-state index is 13.8. The van der Waals surface area contributed by atoms with E-state index in [1.807, 2.05) is 73.7 Å². The fourth-order valence-corrected chi connectivity index (χ4v) is 6.29. The van der Waals surface area contributed by atoms with Crippen LogP contribution in [0.4, 0.5) is 0 Å². The topological polar surface area (TPSA) is 65.7 Å². The van der Waals surface area contributed by atoms with Crippen molar-refractivity contribution in [3.8, 4) is 22.9 Å². The molecule has 6 nitrogen and oxygen atoms in total. The van der Waals surface area contributed by atoms with E-state index in [-0.39, 0.29) is 11.5 Å². The van der Waals surface area contributed by atoms with Gasteiger partial charge in [0.15, 0.2) is 5.82 Å². The lowest BCUT2D eigenvalue weighted by atomic mass is 9.96. The molecule has 0 aliphatic carbocycles. The molecule has 214 valence electrons. The molecule has 0 saturated carbocycles. The molecule has 5 rings (SSSR count). The third-order valence-corrected chi connectivity index (χ3v) is 8.41. The van der Waals surface area contributed by atoms with Crippen LogP contribution in [0.1, 0.15) is 42.0 Å². The fraction of sp³-hybridized carbons (Fsp3) is 0.182. The number of methoxy groups -OCH3 is 1. The van der Waals surface area contributed by atoms with Crippen molar-refractivity contribution in [3.63, 3.8) is 0 Å². The highest BCUT2D eigenvalue weighted by atomic mass is 79.9. The summed E-state index contributed by atoms with van der Waals surface area (Å²) >= 11 is 13.5. The maximum atomic E-state index is 13.8. The number of aromatic nitrogens is 2. The maximum Gasteiger partial charge on any atom is 0.282 e. The number of fused-ring (bicyclic) bond motifs is 1. The number of ether oxygens (including phenoxy) is 2. The van der Waals surface area contributed by atoms with Gasteiger partial charge >= 0.3 is 0 Å². The van der Waals surface area contributed by atoms with Gasteiger partial charge in [-0.2, -0.15) is 9.78 Å². The van der Waals surface area contributed by atoms with Gasteiger partial charge in [0.25, 0.3) is 5.56 Å². The number of aryl methyl sites for hydroxylation is 1. The van der Waals surface area contributed by atoms with Crippen LogP contribution in [0.2, 0.25) is 5.02 Å². The highest BCUT2D eigenvalue weighted by Gasteiger charge is 2.18. The minimum atomic E-state index is -0.258. The van der Waals surface area contributed by atoms with E-state index in [1.165, 1.54) is 4.68 Å². The van der Waals surface area contributed by atoms with Crippen LogP contribution in [-0.2, 0) is 6.61 Å². The fourth-order valence-electron chi connectivity index (χ4n) is 4.65. The monoisotopic (exact) mass is 707 g/mol. The lowest BCUT2D eigenvalue weighted by Gasteiger charge is -2.17. The SMILES string of the molecule is COc1cc(C)c(-c2nc3ccccc3c(=O)n2N=Cc2cc(Br)c(OCc3ccccc3Cl)c(Br)c2)cc1C(C)C. The van der Waals surface area contributed by atoms with Crippen molar-refractivity contribution in [2.75, 3.05) is 7.11 Å². The van der Waals surface area contributed by atoms with Crippen molar-refractivity contribution in [3.05, 3.63) is 119 Å². The first kappa shape index (κ1) is 30.0. The van der Waals surface area contributed by atoms with Crippen LogP contribution in [0.25, 0.3) is 22.3 Å². The number of nitrogens with zero attached hydrogens (tertiary/aromatic N) is 3. The first-order chi connectivity index (χ1) is 20.2. The van der Waals surface area contributed by atoms with Gasteiger partial charge in [0.2, 0.25) is 0 Å². The zero-order valence-corrected chi connectivity index (χ0v) is 27.4. The number of hydrogen-bond acceptors (Lipinski definition) is 5. The molecule has 5 aromatic rings. The Bertz CT molecular complexity index is 1860. The van der Waals surface area contributed by atoms with Gasteiger partial charge < -0.3 is 9.47 Å². The summed E-state index contributed by atoms with van der Waals surface area (Å²) in [5, 5.41) is 5.79. The molecule has 42 heavy (non-hydrogen) atoms. The lowest BCUT2D eigenvalue weighted by molar-refractivity contribution is 0.302. The summed E-state index contributed by atoms with van der Waals surface area (Å²) in [5.74, 6) is 2.09. The molecule has 0 aliphatic rings. The van der Waals surface area contributed by atoms with E-state index in [9.17, 15) is 4.79 Å². The third kappa shape index (κ3) is 6.16. The molecular weight excluding hydrogens is 682 g/mol. The van der Waals surface area contributed by atoms with Gasteiger partial charge in [-0.05, 0) is 104 Å². The van der Waals surface area contributed by atoms with Gasteiger partial charge in [-0.25, -0.2) is 4.98 Å². The van der Waals surface area contributed by atoms with E-state index < -0.39 is 0 Å². The van der Waals surface area contributed by atoms with Crippen molar-refractivity contribution >= 4 is 60.6 Å². The van der Waals surface area contributed by atoms with Gasteiger partial charge in [0, 0.05) is 16.1 Å². The van der Waals surface area contributed by atoms with E-state index in [4.69, 9.17) is 26.1 Å². The molecule has 0 bridgehead atoms. The molecule has 9 heteroatoms. The summed E-state index contributed by atoms with van der Waals surface area (Å²) < 4.78 is 14.5. The van der Waals surface area contributed by atoms with E-state index >= 15 is 0 Å². The van der Waals surface area contributed by atoms with Crippen LogP contribution >= 0.6 is 43.5 Å². The van der Waals surface area contributed by atoms with Crippen molar-refractivity contribution in [2.45, 2.75) is 33.3 Å². The normalized spacial score (nSPS) is 11.5. The Labute approximate surface area is 266 Å². The molecule has 1 heterocycles. The zero-order chi connectivity index (χ0) is 30.0. The van der Waals surface area contributed by atoms with Crippen LogP contribution in [0.5, 0.6) is 11.5 Å². The van der Waals surface area contributed by atoms with Crippen LogP contribution in [0.15, 0.2) is 91.6 Å². The molecule has 0 spiro atoms. The first-order valence-corrected chi connectivity index (χ1v) is 15.2. The van der Waals surface area contributed by atoms with Crippen LogP contribution in [0, 0.1) is 6.92 Å². The predicted molar refractivity (Wildman–Crippen MR) is 177 cm³/mol. The molecule has 0 N–H and O–H groups in total. The average Bonchev–Trinajstić information content (AvgIpc) is 2.96. The van der Waals surface area contributed by atoms with Gasteiger partial charge in [0.1, 0.15) is 18.1 Å². The summed E-state index contributed by atoms with van der Waals surface area (Å²) in [6.45, 7) is 6.50. The van der Waals surface area contributed by atoms with E-state index in [0.717, 1.165) is 42.5 Å². The Hall–Kier alpha value is -3.46. The second-order valence-corrected chi connectivity index (χ2v) is 12.2. The summed E-state index contributed by atoms with van der Waals surface area (Å²) in [4.78, 5) is 18.7. The Kier molecular flexibility index (Phi) is 9.16. The van der Waals surface area contributed by atoms with Gasteiger partial charge in [-0.15, -0.1) is 0 Å². The second kappa shape index (κ2) is 12.8. The van der Waals surface area contributed by atoms with Crippen molar-refractivity contribution in [2.24, 2.45) is 5.10 Å². The van der Waals surface area contributed by atoms with E-state index in [0.29, 0.717) is 34.1 Å². The minimum Gasteiger partial charge on any atom is -0.496 e. The highest BCUT2D eigenvalue weighted by molar-refractivity contribution is 9.11. The Balaban J connectivity index is 1.57. The van der Waals surface area contributed by atoms with Crippen LogP contribution < -0.4 is 15.0 Å². The Morgan fingerprint density at radius 3 is 2.40 bits per heavy atom. The molecule has 4 aromatic carbocycles. The van der Waals surface area contributed by atoms with Crippen molar-refractivity contribution in [1.82, 2.24) is 9.66 Å². The van der Waals surface area contributed by atoms with Crippen LogP contribution in [-0.4, -0.2) is 23.0 Å². The molecular formula is C33H28Br2ClN3O3. The number of hydrogen-bond donors (Lipinski definition) is 0. The number of rotatable bonds is 8. The Morgan fingerprint density at radius 1 is 1.02 bits per heavy atom. The summed E-state index contributed by atoms with van der Waals surface area (Å²) in [5.41, 5.74) is 4.74. The highest BCUT2D eigenvalue weighted by Crippen LogP contribution is 2.36. The third-order valence-electron chi connectivity index (χ3n) is 6.87. The Morgan fingerprint density at radius 2 is 1.71 bits per heavy atom. The summed E-state index contributed by atoms with van der Waals surface area (Å²) in [6, 6.07) is 22.6. The van der Waals surface area contributed by atoms with Crippen molar-refractivity contribution < 1.29 is 9.47 Å². The summed E-state index contributed by atoms with van der Waals surface area (Å²) in [6.07, 6.45) is 1.64. The lowest BCUT2D eigenvalue weighted by Crippen LogP contribution is -2.20. The largest absolute Gasteiger partial charge is 0.496 e. The number of benzene rings is 4. The molecule has 0 radical (unpaired) electrons. The molecule has 0 fully saturated rings. The van der Waals surface area contributed by atoms with E-state index in [2.05, 4.69) is 50.8 Å². The average molecular weight is 710 g/mol. The van der Waals surface area contributed by atoms with E-state index in [1.54, 1.807) is 19.4 Å². The molecule has 1 aromatic heterocycles. The van der Waals surface area contributed by atoms with Gasteiger partial charge in [-0.3, -0.25) is 4.79 Å². The van der Waals surface area contributed by atoms with Crippen LogP contribution in [0.3, 0.4) is 0 Å². The smallest absolute Gasteiger partial charge is 0.282 e.